The summed E-state index contributed by atoms with van der Waals surface area (Å²) < 4.78 is 2.55. The molecule has 2 aromatic carbocycles. The normalized spacial score (nSPS) is 10.7. The van der Waals surface area contributed by atoms with Crippen LogP contribution in [0.25, 0.3) is 5.69 Å². The molecule has 0 spiro atoms. The number of halogens is 1. The van der Waals surface area contributed by atoms with E-state index in [2.05, 4.69) is 41.5 Å². The van der Waals surface area contributed by atoms with Crippen LogP contribution < -0.4 is 5.32 Å². The van der Waals surface area contributed by atoms with E-state index in [9.17, 15) is 4.79 Å². The van der Waals surface area contributed by atoms with Gasteiger partial charge in [0.2, 0.25) is 0 Å². The number of carbonyl (C=O) groups excluding carboxylic acids is 1. The Kier molecular flexibility index (Phi) is 5.97. The summed E-state index contributed by atoms with van der Waals surface area (Å²) in [4.78, 5) is 21.4. The number of thioether (sulfide) groups is 1. The molecule has 0 aliphatic carbocycles. The van der Waals surface area contributed by atoms with E-state index in [1.807, 2.05) is 54.6 Å². The molecule has 144 valence electrons. The smallest absolute Gasteiger partial charge is 0.278 e. The van der Waals surface area contributed by atoms with Crippen LogP contribution in [0.5, 0.6) is 0 Å². The third-order valence-electron chi connectivity index (χ3n) is 3.94. The number of carbonyl (C=O) groups is 1. The molecule has 4 rings (SSSR count). The van der Waals surface area contributed by atoms with Gasteiger partial charge in [0.05, 0.1) is 11.4 Å². The lowest BCUT2D eigenvalue weighted by Crippen LogP contribution is -2.15. The molecule has 0 saturated carbocycles. The summed E-state index contributed by atoms with van der Waals surface area (Å²) in [7, 11) is 0. The summed E-state index contributed by atoms with van der Waals surface area (Å²) in [6.07, 6.45) is 3.37. The van der Waals surface area contributed by atoms with Gasteiger partial charge in [-0.05, 0) is 36.4 Å². The molecule has 2 aromatic heterocycles. The van der Waals surface area contributed by atoms with Crippen LogP contribution in [0.4, 0.5) is 5.69 Å². The molecule has 0 aliphatic heterocycles. The lowest BCUT2D eigenvalue weighted by atomic mass is 10.2. The fraction of sp³-hybridized carbons (Fsp3) is 0.0500. The predicted octanol–water partition coefficient (Wildman–Crippen LogP) is 4.36. The first-order valence-electron chi connectivity index (χ1n) is 8.67. The van der Waals surface area contributed by atoms with Crippen molar-refractivity contribution in [2.24, 2.45) is 0 Å². The summed E-state index contributed by atoms with van der Waals surface area (Å²) >= 11 is 4.82. The van der Waals surface area contributed by atoms with Crippen molar-refractivity contribution in [2.75, 3.05) is 5.32 Å². The van der Waals surface area contributed by atoms with Crippen LogP contribution in [0.3, 0.4) is 0 Å². The predicted molar refractivity (Wildman–Crippen MR) is 115 cm³/mol. The van der Waals surface area contributed by atoms with Crippen molar-refractivity contribution in [3.05, 3.63) is 88.9 Å². The standard InChI is InChI=1S/C20H15BrN6OS/c21-14-6-4-7-15(12-14)24-19(28)18-17(13-29-20-22-10-5-11-23-20)27(26-25-18)16-8-2-1-3-9-16/h1-12H,13H2,(H,24,28). The number of hydrogen-bond donors (Lipinski definition) is 1. The van der Waals surface area contributed by atoms with Gasteiger partial charge in [-0.2, -0.15) is 0 Å². The molecular weight excluding hydrogens is 452 g/mol. The highest BCUT2D eigenvalue weighted by molar-refractivity contribution is 9.10. The number of amides is 1. The average Bonchev–Trinajstić information content (AvgIpc) is 3.18. The first-order valence-corrected chi connectivity index (χ1v) is 10.5. The van der Waals surface area contributed by atoms with Gasteiger partial charge in [-0.1, -0.05) is 57.2 Å². The summed E-state index contributed by atoms with van der Waals surface area (Å²) in [5.74, 6) is 0.113. The quantitative estimate of drug-likeness (QED) is 0.335. The van der Waals surface area contributed by atoms with E-state index >= 15 is 0 Å². The highest BCUT2D eigenvalue weighted by Gasteiger charge is 2.21. The molecular formula is C20H15BrN6OS. The van der Waals surface area contributed by atoms with E-state index in [0.29, 0.717) is 22.3 Å². The lowest BCUT2D eigenvalue weighted by Gasteiger charge is -2.08. The number of aromatic nitrogens is 5. The van der Waals surface area contributed by atoms with E-state index in [4.69, 9.17) is 0 Å². The van der Waals surface area contributed by atoms with Crippen molar-refractivity contribution in [3.63, 3.8) is 0 Å². The second-order valence-electron chi connectivity index (χ2n) is 5.92. The Morgan fingerprint density at radius 2 is 1.83 bits per heavy atom. The van der Waals surface area contributed by atoms with Crippen molar-refractivity contribution < 1.29 is 4.79 Å². The average molecular weight is 467 g/mol. The molecule has 1 amide bonds. The fourth-order valence-electron chi connectivity index (χ4n) is 2.63. The van der Waals surface area contributed by atoms with Gasteiger partial charge in [0.15, 0.2) is 10.9 Å². The van der Waals surface area contributed by atoms with Crippen LogP contribution in [0.2, 0.25) is 0 Å². The van der Waals surface area contributed by atoms with E-state index in [0.717, 1.165) is 10.2 Å². The van der Waals surface area contributed by atoms with Crippen molar-refractivity contribution in [3.8, 4) is 5.69 Å². The van der Waals surface area contributed by atoms with Gasteiger partial charge >= 0.3 is 0 Å². The Labute approximate surface area is 179 Å². The molecule has 9 heteroatoms. The Hall–Kier alpha value is -3.04. The third kappa shape index (κ3) is 4.69. The molecule has 0 aliphatic rings. The Morgan fingerprint density at radius 1 is 1.03 bits per heavy atom. The van der Waals surface area contributed by atoms with Crippen LogP contribution in [-0.2, 0) is 5.75 Å². The van der Waals surface area contributed by atoms with Crippen LogP contribution in [-0.4, -0.2) is 30.9 Å². The van der Waals surface area contributed by atoms with Gasteiger partial charge in [-0.3, -0.25) is 4.79 Å². The fourth-order valence-corrected chi connectivity index (χ4v) is 3.83. The molecule has 0 bridgehead atoms. The zero-order valence-corrected chi connectivity index (χ0v) is 17.5. The Bertz CT molecular complexity index is 1120. The van der Waals surface area contributed by atoms with Crippen molar-refractivity contribution >= 4 is 39.3 Å². The van der Waals surface area contributed by atoms with Crippen molar-refractivity contribution in [1.82, 2.24) is 25.0 Å². The number of hydrogen-bond acceptors (Lipinski definition) is 6. The topological polar surface area (TPSA) is 85.6 Å². The molecule has 2 heterocycles. The van der Waals surface area contributed by atoms with E-state index in [1.165, 1.54) is 11.8 Å². The van der Waals surface area contributed by atoms with Crippen molar-refractivity contribution in [2.45, 2.75) is 10.9 Å². The zero-order valence-electron chi connectivity index (χ0n) is 15.1. The SMILES string of the molecule is O=C(Nc1cccc(Br)c1)c1nnn(-c2ccccc2)c1CSc1ncccn1. The van der Waals surface area contributed by atoms with Crippen LogP contribution in [0, 0.1) is 0 Å². The summed E-state index contributed by atoms with van der Waals surface area (Å²) in [6.45, 7) is 0. The minimum Gasteiger partial charge on any atom is -0.320 e. The minimum absolute atomic E-state index is 0.261. The Morgan fingerprint density at radius 3 is 2.59 bits per heavy atom. The summed E-state index contributed by atoms with van der Waals surface area (Å²) in [6, 6.07) is 18.7. The number of anilines is 1. The van der Waals surface area contributed by atoms with Crippen LogP contribution in [0.15, 0.2) is 82.7 Å². The van der Waals surface area contributed by atoms with Gasteiger partial charge in [0.25, 0.3) is 5.91 Å². The first kappa shape index (κ1) is 19.3. The molecule has 29 heavy (non-hydrogen) atoms. The van der Waals surface area contributed by atoms with Gasteiger partial charge in [0.1, 0.15) is 0 Å². The largest absolute Gasteiger partial charge is 0.320 e. The molecule has 1 N–H and O–H groups in total. The first-order chi connectivity index (χ1) is 14.2. The molecule has 0 fully saturated rings. The molecule has 0 unspecified atom stereocenters. The number of nitrogens with one attached hydrogen (secondary N) is 1. The highest BCUT2D eigenvalue weighted by Crippen LogP contribution is 2.24. The zero-order chi connectivity index (χ0) is 20.1. The molecule has 0 atom stereocenters. The molecule has 7 nitrogen and oxygen atoms in total. The molecule has 0 saturated heterocycles. The maximum atomic E-state index is 12.9. The maximum absolute atomic E-state index is 12.9. The van der Waals surface area contributed by atoms with Gasteiger partial charge in [-0.25, -0.2) is 14.6 Å². The lowest BCUT2D eigenvalue weighted by molar-refractivity contribution is 0.102. The number of benzene rings is 2. The Balaban J connectivity index is 1.65. The van der Waals surface area contributed by atoms with Crippen LogP contribution in [0.1, 0.15) is 16.2 Å². The second-order valence-corrected chi connectivity index (χ2v) is 7.77. The van der Waals surface area contributed by atoms with E-state index in [-0.39, 0.29) is 11.6 Å². The second kappa shape index (κ2) is 8.97. The highest BCUT2D eigenvalue weighted by atomic mass is 79.9. The maximum Gasteiger partial charge on any atom is 0.278 e. The number of rotatable bonds is 6. The van der Waals surface area contributed by atoms with E-state index < -0.39 is 0 Å². The minimum atomic E-state index is -0.324. The summed E-state index contributed by atoms with van der Waals surface area (Å²) in [5.41, 5.74) is 2.42. The van der Waals surface area contributed by atoms with Gasteiger partial charge in [0, 0.05) is 28.3 Å². The van der Waals surface area contributed by atoms with Crippen molar-refractivity contribution in [1.29, 1.82) is 0 Å². The monoisotopic (exact) mass is 466 g/mol. The van der Waals surface area contributed by atoms with E-state index in [1.54, 1.807) is 23.1 Å². The molecule has 4 aromatic rings. The van der Waals surface area contributed by atoms with Crippen LogP contribution >= 0.6 is 27.7 Å². The van der Waals surface area contributed by atoms with Gasteiger partial charge in [-0.15, -0.1) is 5.10 Å². The molecule has 0 radical (unpaired) electrons. The summed E-state index contributed by atoms with van der Waals surface area (Å²) in [5, 5.41) is 11.9. The van der Waals surface area contributed by atoms with Gasteiger partial charge < -0.3 is 5.32 Å². The third-order valence-corrected chi connectivity index (χ3v) is 5.32. The number of para-hydroxylation sites is 1. The number of nitrogens with zero attached hydrogens (tertiary/aromatic N) is 5.